The number of nitrogens with one attached hydrogen (secondary N) is 1. The fourth-order valence-electron chi connectivity index (χ4n) is 2.48. The quantitative estimate of drug-likeness (QED) is 0.596. The summed E-state index contributed by atoms with van der Waals surface area (Å²) in [4.78, 5) is 11.0. The van der Waals surface area contributed by atoms with E-state index < -0.39 is 0 Å². The minimum Gasteiger partial charge on any atom is -0.356 e. The molecule has 0 aromatic carbocycles. The summed E-state index contributed by atoms with van der Waals surface area (Å²) >= 11 is 0. The average molecular weight is 249 g/mol. The van der Waals surface area contributed by atoms with Crippen molar-refractivity contribution in [3.8, 4) is 0 Å². The Labute approximate surface area is 109 Å². The SMILES string of the molecule is CCc1c(NN)ncnc1N(CC)CC1CCC1. The van der Waals surface area contributed by atoms with Crippen molar-refractivity contribution in [1.29, 1.82) is 0 Å². The third-order valence-corrected chi connectivity index (χ3v) is 3.80. The predicted octanol–water partition coefficient (Wildman–Crippen LogP) is 1.95. The molecule has 1 saturated carbocycles. The number of anilines is 2. The summed E-state index contributed by atoms with van der Waals surface area (Å²) in [6, 6.07) is 0. The van der Waals surface area contributed by atoms with Crippen molar-refractivity contribution in [2.75, 3.05) is 23.4 Å². The zero-order valence-corrected chi connectivity index (χ0v) is 11.3. The van der Waals surface area contributed by atoms with Crippen molar-refractivity contribution < 1.29 is 0 Å². The molecule has 100 valence electrons. The highest BCUT2D eigenvalue weighted by Gasteiger charge is 2.22. The molecule has 1 aromatic heterocycles. The van der Waals surface area contributed by atoms with Crippen molar-refractivity contribution in [3.05, 3.63) is 11.9 Å². The van der Waals surface area contributed by atoms with E-state index in [1.807, 2.05) is 0 Å². The minimum absolute atomic E-state index is 0.745. The van der Waals surface area contributed by atoms with Crippen LogP contribution >= 0.6 is 0 Å². The maximum atomic E-state index is 5.52. The first kappa shape index (κ1) is 13.1. The molecule has 0 atom stereocenters. The Bertz CT molecular complexity index is 389. The van der Waals surface area contributed by atoms with Crippen molar-refractivity contribution in [2.24, 2.45) is 11.8 Å². The van der Waals surface area contributed by atoms with E-state index in [4.69, 9.17) is 5.84 Å². The molecular weight excluding hydrogens is 226 g/mol. The summed E-state index contributed by atoms with van der Waals surface area (Å²) < 4.78 is 0. The van der Waals surface area contributed by atoms with Crippen LogP contribution in [0, 0.1) is 5.92 Å². The second-order valence-corrected chi connectivity index (χ2v) is 4.86. The highest BCUT2D eigenvalue weighted by molar-refractivity contribution is 5.58. The zero-order chi connectivity index (χ0) is 13.0. The molecule has 18 heavy (non-hydrogen) atoms. The standard InChI is InChI=1S/C13H23N5/c1-3-11-12(17-14)15-9-16-13(11)18(4-2)8-10-6-5-7-10/h9-10H,3-8,14H2,1-2H3,(H,15,16,17). The van der Waals surface area contributed by atoms with Gasteiger partial charge in [-0.25, -0.2) is 15.8 Å². The third kappa shape index (κ3) is 2.56. The summed E-state index contributed by atoms with van der Waals surface area (Å²) in [6.07, 6.45) is 6.56. The van der Waals surface area contributed by atoms with Gasteiger partial charge in [-0.1, -0.05) is 13.3 Å². The molecular formula is C13H23N5. The number of hydrogen-bond acceptors (Lipinski definition) is 5. The van der Waals surface area contributed by atoms with Gasteiger partial charge in [0.2, 0.25) is 0 Å². The Kier molecular flexibility index (Phi) is 4.36. The van der Waals surface area contributed by atoms with Gasteiger partial charge in [-0.15, -0.1) is 0 Å². The smallest absolute Gasteiger partial charge is 0.148 e. The van der Waals surface area contributed by atoms with Gasteiger partial charge >= 0.3 is 0 Å². The number of nitrogen functional groups attached to an aromatic ring is 1. The molecule has 5 heteroatoms. The Balaban J connectivity index is 2.22. The first-order valence-electron chi connectivity index (χ1n) is 6.85. The molecule has 0 aliphatic heterocycles. The molecule has 2 rings (SSSR count). The molecule has 0 spiro atoms. The maximum Gasteiger partial charge on any atom is 0.148 e. The lowest BCUT2D eigenvalue weighted by Gasteiger charge is -2.33. The van der Waals surface area contributed by atoms with E-state index in [0.29, 0.717) is 0 Å². The van der Waals surface area contributed by atoms with Gasteiger partial charge in [-0.3, -0.25) is 0 Å². The summed E-state index contributed by atoms with van der Waals surface area (Å²) in [5.74, 6) is 8.13. The number of nitrogens with two attached hydrogens (primary N) is 1. The summed E-state index contributed by atoms with van der Waals surface area (Å²) in [5.41, 5.74) is 3.78. The number of aromatic nitrogens is 2. The van der Waals surface area contributed by atoms with Crippen LogP contribution in [0.3, 0.4) is 0 Å². The van der Waals surface area contributed by atoms with E-state index >= 15 is 0 Å². The van der Waals surface area contributed by atoms with Crippen molar-refractivity contribution in [2.45, 2.75) is 39.5 Å². The molecule has 0 amide bonds. The molecule has 1 heterocycles. The second kappa shape index (κ2) is 6.00. The molecule has 0 bridgehead atoms. The fourth-order valence-corrected chi connectivity index (χ4v) is 2.48. The van der Waals surface area contributed by atoms with Crippen LogP contribution < -0.4 is 16.2 Å². The van der Waals surface area contributed by atoms with Crippen LogP contribution in [0.2, 0.25) is 0 Å². The van der Waals surface area contributed by atoms with Crippen molar-refractivity contribution in [1.82, 2.24) is 9.97 Å². The van der Waals surface area contributed by atoms with Crippen molar-refractivity contribution >= 4 is 11.6 Å². The van der Waals surface area contributed by atoms with E-state index in [9.17, 15) is 0 Å². The molecule has 0 saturated heterocycles. The highest BCUT2D eigenvalue weighted by Crippen LogP contribution is 2.30. The molecule has 1 aliphatic rings. The first-order chi connectivity index (χ1) is 8.80. The molecule has 0 unspecified atom stereocenters. The Morgan fingerprint density at radius 1 is 1.39 bits per heavy atom. The highest BCUT2D eigenvalue weighted by atomic mass is 15.3. The lowest BCUT2D eigenvalue weighted by Crippen LogP contribution is -2.34. The molecule has 1 aliphatic carbocycles. The lowest BCUT2D eigenvalue weighted by molar-refractivity contribution is 0.318. The van der Waals surface area contributed by atoms with E-state index in [-0.39, 0.29) is 0 Å². The van der Waals surface area contributed by atoms with E-state index in [1.165, 1.54) is 19.3 Å². The largest absolute Gasteiger partial charge is 0.356 e. The molecule has 1 fully saturated rings. The van der Waals surface area contributed by atoms with Gasteiger partial charge in [0.1, 0.15) is 18.0 Å². The molecule has 5 nitrogen and oxygen atoms in total. The summed E-state index contributed by atoms with van der Waals surface area (Å²) in [5, 5.41) is 0. The Morgan fingerprint density at radius 2 is 2.17 bits per heavy atom. The summed E-state index contributed by atoms with van der Waals surface area (Å²) in [7, 11) is 0. The predicted molar refractivity (Wildman–Crippen MR) is 74.4 cm³/mol. The van der Waals surface area contributed by atoms with E-state index in [1.54, 1.807) is 6.33 Å². The minimum atomic E-state index is 0.745. The van der Waals surface area contributed by atoms with Crippen LogP contribution in [-0.4, -0.2) is 23.1 Å². The van der Waals surface area contributed by atoms with Crippen LogP contribution in [0.4, 0.5) is 11.6 Å². The third-order valence-electron chi connectivity index (χ3n) is 3.80. The zero-order valence-electron chi connectivity index (χ0n) is 11.3. The van der Waals surface area contributed by atoms with Gasteiger partial charge in [0.25, 0.3) is 0 Å². The Morgan fingerprint density at radius 3 is 2.67 bits per heavy atom. The van der Waals surface area contributed by atoms with Crippen LogP contribution in [0.25, 0.3) is 0 Å². The number of nitrogens with zero attached hydrogens (tertiary/aromatic N) is 3. The Hall–Kier alpha value is -1.36. The van der Waals surface area contributed by atoms with Crippen LogP contribution in [0.5, 0.6) is 0 Å². The van der Waals surface area contributed by atoms with Crippen LogP contribution in [-0.2, 0) is 6.42 Å². The normalized spacial score (nSPS) is 15.3. The molecule has 1 aromatic rings. The lowest BCUT2D eigenvalue weighted by atomic mass is 9.85. The topological polar surface area (TPSA) is 67.1 Å². The van der Waals surface area contributed by atoms with Gasteiger partial charge in [0.05, 0.1) is 0 Å². The van der Waals surface area contributed by atoms with E-state index in [2.05, 4.69) is 34.1 Å². The van der Waals surface area contributed by atoms with Gasteiger partial charge in [-0.2, -0.15) is 0 Å². The monoisotopic (exact) mass is 249 g/mol. The molecule has 0 radical (unpaired) electrons. The second-order valence-electron chi connectivity index (χ2n) is 4.86. The number of hydrogen-bond donors (Lipinski definition) is 2. The average Bonchev–Trinajstić information content (AvgIpc) is 2.37. The molecule has 3 N–H and O–H groups in total. The van der Waals surface area contributed by atoms with Gasteiger partial charge in [0.15, 0.2) is 0 Å². The van der Waals surface area contributed by atoms with Crippen LogP contribution in [0.15, 0.2) is 6.33 Å². The number of hydrazine groups is 1. The maximum absolute atomic E-state index is 5.52. The van der Waals surface area contributed by atoms with Gasteiger partial charge in [0, 0.05) is 18.7 Å². The van der Waals surface area contributed by atoms with Crippen LogP contribution in [0.1, 0.15) is 38.7 Å². The van der Waals surface area contributed by atoms with E-state index in [0.717, 1.165) is 42.6 Å². The summed E-state index contributed by atoms with van der Waals surface area (Å²) in [6.45, 7) is 6.37. The number of rotatable bonds is 6. The van der Waals surface area contributed by atoms with Gasteiger partial charge < -0.3 is 10.3 Å². The van der Waals surface area contributed by atoms with Gasteiger partial charge in [-0.05, 0) is 32.1 Å². The fraction of sp³-hybridized carbons (Fsp3) is 0.692. The van der Waals surface area contributed by atoms with Crippen molar-refractivity contribution in [3.63, 3.8) is 0 Å². The first-order valence-corrected chi connectivity index (χ1v) is 6.85.